The summed E-state index contributed by atoms with van der Waals surface area (Å²) < 4.78 is 5.04. The Hall–Kier alpha value is -1.65. The molecular weight excluding hydrogens is 218 g/mol. The Bertz CT molecular complexity index is 361. The number of hydrogen-bond donors (Lipinski definition) is 0. The highest BCUT2D eigenvalue weighted by Gasteiger charge is 2.26. The summed E-state index contributed by atoms with van der Waals surface area (Å²) in [4.78, 5) is 21.8. The molecule has 0 bridgehead atoms. The van der Waals surface area contributed by atoms with Crippen molar-refractivity contribution in [3.05, 3.63) is 18.7 Å². The molecule has 0 radical (unpaired) electrons. The van der Waals surface area contributed by atoms with E-state index in [1.807, 2.05) is 6.92 Å². The molecule has 1 aromatic rings. The van der Waals surface area contributed by atoms with Crippen LogP contribution < -0.4 is 4.90 Å². The Balaban J connectivity index is 1.88. The normalized spacial score (nSPS) is 16.9. The smallest absolute Gasteiger partial charge is 0.309 e. The maximum atomic E-state index is 11.6. The number of rotatable bonds is 3. The van der Waals surface area contributed by atoms with Gasteiger partial charge >= 0.3 is 5.97 Å². The number of carbonyl (C=O) groups excluding carboxylic acids is 1. The first-order valence-corrected chi connectivity index (χ1v) is 5.98. The summed E-state index contributed by atoms with van der Waals surface area (Å²) in [7, 11) is 0. The molecule has 0 N–H and O–H groups in total. The zero-order valence-corrected chi connectivity index (χ0v) is 10.0. The van der Waals surface area contributed by atoms with Crippen LogP contribution in [-0.2, 0) is 9.53 Å². The molecule has 5 heteroatoms. The molecule has 92 valence electrons. The van der Waals surface area contributed by atoms with Gasteiger partial charge in [-0.1, -0.05) is 0 Å². The predicted octanol–water partition coefficient (Wildman–Crippen LogP) is 1.26. The van der Waals surface area contributed by atoms with Crippen molar-refractivity contribution >= 4 is 11.7 Å². The zero-order chi connectivity index (χ0) is 12.1. The molecule has 0 spiro atoms. The van der Waals surface area contributed by atoms with E-state index in [9.17, 15) is 4.79 Å². The standard InChI is InChI=1S/C12H17N3O2/c1-2-17-12(16)10-3-5-15(6-4-10)11-7-13-9-14-8-11/h7-10H,2-6H2,1H3. The monoisotopic (exact) mass is 235 g/mol. The topological polar surface area (TPSA) is 55.3 Å². The van der Waals surface area contributed by atoms with Gasteiger partial charge in [0.15, 0.2) is 0 Å². The fourth-order valence-corrected chi connectivity index (χ4v) is 2.09. The molecule has 5 nitrogen and oxygen atoms in total. The summed E-state index contributed by atoms with van der Waals surface area (Å²) in [6.07, 6.45) is 6.81. The second-order valence-corrected chi connectivity index (χ2v) is 4.11. The van der Waals surface area contributed by atoms with Gasteiger partial charge in [-0.2, -0.15) is 0 Å². The third-order valence-corrected chi connectivity index (χ3v) is 3.03. The lowest BCUT2D eigenvalue weighted by atomic mass is 9.97. The van der Waals surface area contributed by atoms with E-state index in [1.54, 1.807) is 12.4 Å². The number of nitrogens with zero attached hydrogens (tertiary/aromatic N) is 3. The summed E-state index contributed by atoms with van der Waals surface area (Å²) in [5.41, 5.74) is 1.02. The summed E-state index contributed by atoms with van der Waals surface area (Å²) >= 11 is 0. The average molecular weight is 235 g/mol. The molecule has 17 heavy (non-hydrogen) atoms. The molecular formula is C12H17N3O2. The van der Waals surface area contributed by atoms with Gasteiger partial charge in [0.25, 0.3) is 0 Å². The average Bonchev–Trinajstić information content (AvgIpc) is 2.40. The van der Waals surface area contributed by atoms with Gasteiger partial charge in [-0.25, -0.2) is 9.97 Å². The number of carbonyl (C=O) groups is 1. The zero-order valence-electron chi connectivity index (χ0n) is 10.0. The fraction of sp³-hybridized carbons (Fsp3) is 0.583. The third-order valence-electron chi connectivity index (χ3n) is 3.03. The van der Waals surface area contributed by atoms with E-state index in [0.717, 1.165) is 31.6 Å². The van der Waals surface area contributed by atoms with Gasteiger partial charge in [-0.3, -0.25) is 4.79 Å². The summed E-state index contributed by atoms with van der Waals surface area (Å²) in [5, 5.41) is 0. The van der Waals surface area contributed by atoms with Crippen LogP contribution in [0.2, 0.25) is 0 Å². The molecule has 1 aromatic heterocycles. The lowest BCUT2D eigenvalue weighted by Gasteiger charge is -2.31. The molecule has 1 aliphatic heterocycles. The van der Waals surface area contributed by atoms with Gasteiger partial charge in [0.2, 0.25) is 0 Å². The molecule has 1 aliphatic rings. The summed E-state index contributed by atoms with van der Waals surface area (Å²) in [6.45, 7) is 4.02. The van der Waals surface area contributed by atoms with Crippen molar-refractivity contribution in [1.29, 1.82) is 0 Å². The van der Waals surface area contributed by atoms with E-state index in [4.69, 9.17) is 4.74 Å². The molecule has 0 amide bonds. The second kappa shape index (κ2) is 5.61. The maximum absolute atomic E-state index is 11.6. The molecule has 0 aromatic carbocycles. The highest BCUT2D eigenvalue weighted by atomic mass is 16.5. The van der Waals surface area contributed by atoms with Crippen molar-refractivity contribution in [3.8, 4) is 0 Å². The highest BCUT2D eigenvalue weighted by molar-refractivity contribution is 5.72. The first-order valence-electron chi connectivity index (χ1n) is 5.98. The lowest BCUT2D eigenvalue weighted by molar-refractivity contribution is -0.148. The number of esters is 1. The minimum atomic E-state index is -0.0588. The molecule has 1 saturated heterocycles. The van der Waals surface area contributed by atoms with Crippen molar-refractivity contribution < 1.29 is 9.53 Å². The number of anilines is 1. The molecule has 0 atom stereocenters. The number of aromatic nitrogens is 2. The Labute approximate surface area is 101 Å². The first kappa shape index (κ1) is 11.8. The minimum Gasteiger partial charge on any atom is -0.466 e. The van der Waals surface area contributed by atoms with Crippen LogP contribution in [0.3, 0.4) is 0 Å². The van der Waals surface area contributed by atoms with Crippen LogP contribution in [0.5, 0.6) is 0 Å². The Morgan fingerprint density at radius 1 is 1.41 bits per heavy atom. The highest BCUT2D eigenvalue weighted by Crippen LogP contribution is 2.22. The maximum Gasteiger partial charge on any atom is 0.309 e. The van der Waals surface area contributed by atoms with Gasteiger partial charge < -0.3 is 9.64 Å². The minimum absolute atomic E-state index is 0.0517. The number of hydrogen-bond acceptors (Lipinski definition) is 5. The molecule has 0 saturated carbocycles. The van der Waals surface area contributed by atoms with Gasteiger partial charge in [-0.15, -0.1) is 0 Å². The van der Waals surface area contributed by atoms with E-state index in [0.29, 0.717) is 6.61 Å². The summed E-state index contributed by atoms with van der Waals surface area (Å²) in [6, 6.07) is 0. The van der Waals surface area contributed by atoms with Crippen molar-refractivity contribution in [2.45, 2.75) is 19.8 Å². The molecule has 0 unspecified atom stereocenters. The van der Waals surface area contributed by atoms with Gasteiger partial charge in [0, 0.05) is 13.1 Å². The van der Waals surface area contributed by atoms with Crippen LogP contribution in [0, 0.1) is 5.92 Å². The first-order chi connectivity index (χ1) is 8.31. The SMILES string of the molecule is CCOC(=O)C1CCN(c2cncnc2)CC1. The third kappa shape index (κ3) is 2.93. The van der Waals surface area contributed by atoms with Crippen molar-refractivity contribution in [1.82, 2.24) is 9.97 Å². The Morgan fingerprint density at radius 3 is 2.65 bits per heavy atom. The molecule has 0 aliphatic carbocycles. The molecule has 1 fully saturated rings. The van der Waals surface area contributed by atoms with Gasteiger partial charge in [-0.05, 0) is 19.8 Å². The number of piperidine rings is 1. The van der Waals surface area contributed by atoms with Crippen LogP contribution in [0.15, 0.2) is 18.7 Å². The van der Waals surface area contributed by atoms with Crippen molar-refractivity contribution in [2.75, 3.05) is 24.6 Å². The van der Waals surface area contributed by atoms with E-state index >= 15 is 0 Å². The Morgan fingerprint density at radius 2 is 2.06 bits per heavy atom. The lowest BCUT2D eigenvalue weighted by Crippen LogP contribution is -2.37. The molecule has 2 rings (SSSR count). The van der Waals surface area contributed by atoms with Crippen LogP contribution in [0.25, 0.3) is 0 Å². The van der Waals surface area contributed by atoms with E-state index in [-0.39, 0.29) is 11.9 Å². The van der Waals surface area contributed by atoms with Gasteiger partial charge in [0.1, 0.15) is 6.33 Å². The van der Waals surface area contributed by atoms with Crippen LogP contribution in [0.1, 0.15) is 19.8 Å². The quantitative estimate of drug-likeness (QED) is 0.738. The molecule has 2 heterocycles. The summed E-state index contributed by atoms with van der Waals surface area (Å²) in [5.74, 6) is -0.00714. The Kier molecular flexibility index (Phi) is 3.90. The fourth-order valence-electron chi connectivity index (χ4n) is 2.09. The van der Waals surface area contributed by atoms with Crippen molar-refractivity contribution in [2.24, 2.45) is 5.92 Å². The van der Waals surface area contributed by atoms with E-state index in [2.05, 4.69) is 14.9 Å². The van der Waals surface area contributed by atoms with Crippen LogP contribution in [-0.4, -0.2) is 35.6 Å². The number of ether oxygens (including phenoxy) is 1. The van der Waals surface area contributed by atoms with Gasteiger partial charge in [0.05, 0.1) is 30.6 Å². The largest absolute Gasteiger partial charge is 0.466 e. The van der Waals surface area contributed by atoms with E-state index in [1.165, 1.54) is 6.33 Å². The van der Waals surface area contributed by atoms with E-state index < -0.39 is 0 Å². The van der Waals surface area contributed by atoms with Crippen LogP contribution in [0.4, 0.5) is 5.69 Å². The van der Waals surface area contributed by atoms with Crippen molar-refractivity contribution in [3.63, 3.8) is 0 Å². The second-order valence-electron chi connectivity index (χ2n) is 4.11. The predicted molar refractivity (Wildman–Crippen MR) is 63.6 cm³/mol. The van der Waals surface area contributed by atoms with Crippen LogP contribution >= 0.6 is 0 Å².